The van der Waals surface area contributed by atoms with E-state index in [4.69, 9.17) is 15.2 Å². The van der Waals surface area contributed by atoms with E-state index in [1.54, 1.807) is 18.2 Å². The molecule has 0 radical (unpaired) electrons. The van der Waals surface area contributed by atoms with Crippen LogP contribution in [0.15, 0.2) is 18.2 Å². The van der Waals surface area contributed by atoms with E-state index in [9.17, 15) is 8.78 Å². The summed E-state index contributed by atoms with van der Waals surface area (Å²) in [4.78, 5) is 0. The molecule has 0 amide bonds. The topological polar surface area (TPSA) is 44.5 Å². The number of hydrogen-bond acceptors (Lipinski definition) is 3. The van der Waals surface area contributed by atoms with Gasteiger partial charge in [0.05, 0.1) is 0 Å². The molecule has 5 heteroatoms. The first-order chi connectivity index (χ1) is 8.22. The molecule has 0 atom stereocenters. The van der Waals surface area contributed by atoms with Crippen molar-refractivity contribution in [2.75, 3.05) is 19.8 Å². The van der Waals surface area contributed by atoms with Crippen LogP contribution in [0, 0.1) is 0 Å². The summed E-state index contributed by atoms with van der Waals surface area (Å²) >= 11 is 0. The van der Waals surface area contributed by atoms with Gasteiger partial charge >= 0.3 is 0 Å². The monoisotopic (exact) mass is 241 g/mol. The van der Waals surface area contributed by atoms with Gasteiger partial charge in [-0.15, -0.1) is 0 Å². The fourth-order valence-corrected chi connectivity index (χ4v) is 1.65. The van der Waals surface area contributed by atoms with Gasteiger partial charge in [0, 0.05) is 12.1 Å². The normalized spacial score (nSPS) is 14.6. The molecule has 2 rings (SSSR count). The number of ether oxygens (including phenoxy) is 2. The zero-order valence-corrected chi connectivity index (χ0v) is 9.16. The molecule has 17 heavy (non-hydrogen) atoms. The molecule has 1 aromatic carbocycles. The first-order valence-electron chi connectivity index (χ1n) is 5.30. The Balaban J connectivity index is 2.44. The van der Waals surface area contributed by atoms with E-state index < -0.39 is 6.43 Å². The molecular weight excluding hydrogens is 228 g/mol. The van der Waals surface area contributed by atoms with E-state index >= 15 is 0 Å². The molecule has 0 unspecified atom stereocenters. The average molecular weight is 241 g/mol. The largest absolute Gasteiger partial charge is 0.486 e. The van der Waals surface area contributed by atoms with Gasteiger partial charge in [-0.1, -0.05) is 12.2 Å². The minimum Gasteiger partial charge on any atom is -0.486 e. The lowest BCUT2D eigenvalue weighted by Crippen LogP contribution is -2.15. The third kappa shape index (κ3) is 2.55. The van der Waals surface area contributed by atoms with E-state index in [0.717, 1.165) is 0 Å². The summed E-state index contributed by atoms with van der Waals surface area (Å²) < 4.78 is 36.3. The summed E-state index contributed by atoms with van der Waals surface area (Å²) in [6.07, 6.45) is 0.639. The Bertz CT molecular complexity index is 433. The highest BCUT2D eigenvalue weighted by Gasteiger charge is 2.19. The van der Waals surface area contributed by atoms with Gasteiger partial charge in [-0.05, 0) is 17.7 Å². The maximum Gasteiger partial charge on any atom is 0.264 e. The maximum atomic E-state index is 12.9. The van der Waals surface area contributed by atoms with Crippen molar-refractivity contribution in [3.63, 3.8) is 0 Å². The molecule has 1 aliphatic heterocycles. The number of fused-ring (bicyclic) bond motifs is 1. The molecular formula is C12H13F2NO2. The van der Waals surface area contributed by atoms with Gasteiger partial charge in [-0.25, -0.2) is 8.78 Å². The van der Waals surface area contributed by atoms with Crippen LogP contribution in [0.4, 0.5) is 8.78 Å². The summed E-state index contributed by atoms with van der Waals surface area (Å²) in [5.41, 5.74) is 5.65. The highest BCUT2D eigenvalue weighted by molar-refractivity contribution is 5.61. The summed E-state index contributed by atoms with van der Waals surface area (Å²) in [6, 6.07) is 2.89. The van der Waals surface area contributed by atoms with Crippen molar-refractivity contribution in [2.45, 2.75) is 6.43 Å². The van der Waals surface area contributed by atoms with Crippen molar-refractivity contribution in [3.05, 3.63) is 29.3 Å². The number of halogens is 2. The SMILES string of the molecule is NC/C=C/c1cc2c(cc1C(F)F)OCCO2. The number of benzene rings is 1. The lowest BCUT2D eigenvalue weighted by Gasteiger charge is -2.20. The van der Waals surface area contributed by atoms with Gasteiger partial charge in [0.2, 0.25) is 0 Å². The van der Waals surface area contributed by atoms with Gasteiger partial charge in [0.15, 0.2) is 11.5 Å². The lowest BCUT2D eigenvalue weighted by atomic mass is 10.1. The predicted molar refractivity (Wildman–Crippen MR) is 60.5 cm³/mol. The van der Waals surface area contributed by atoms with E-state index in [1.807, 2.05) is 0 Å². The molecule has 0 saturated carbocycles. The van der Waals surface area contributed by atoms with E-state index in [2.05, 4.69) is 0 Å². The molecule has 2 N–H and O–H groups in total. The standard InChI is InChI=1S/C12H13F2NO2/c13-12(14)9-7-11-10(16-4-5-17-11)6-8(9)2-1-3-15/h1-2,6-7,12H,3-5,15H2/b2-1+. The van der Waals surface area contributed by atoms with Crippen LogP contribution in [-0.4, -0.2) is 19.8 Å². The zero-order valence-electron chi connectivity index (χ0n) is 9.16. The van der Waals surface area contributed by atoms with Gasteiger partial charge in [-0.2, -0.15) is 0 Å². The Kier molecular flexibility index (Phi) is 3.58. The first-order valence-corrected chi connectivity index (χ1v) is 5.30. The van der Waals surface area contributed by atoms with Gasteiger partial charge < -0.3 is 15.2 Å². The molecule has 0 aromatic heterocycles. The minimum absolute atomic E-state index is 0.0704. The fraction of sp³-hybridized carbons (Fsp3) is 0.333. The molecule has 3 nitrogen and oxygen atoms in total. The highest BCUT2D eigenvalue weighted by Crippen LogP contribution is 2.37. The van der Waals surface area contributed by atoms with Crippen molar-refractivity contribution in [2.24, 2.45) is 5.73 Å². The lowest BCUT2D eigenvalue weighted by molar-refractivity contribution is 0.146. The van der Waals surface area contributed by atoms with Crippen molar-refractivity contribution in [1.82, 2.24) is 0 Å². The Labute approximate surface area is 97.8 Å². The van der Waals surface area contributed by atoms with Crippen LogP contribution < -0.4 is 15.2 Å². The molecule has 92 valence electrons. The Morgan fingerprint density at radius 1 is 1.24 bits per heavy atom. The molecule has 0 aliphatic carbocycles. The number of alkyl halides is 2. The van der Waals surface area contributed by atoms with Crippen molar-refractivity contribution < 1.29 is 18.3 Å². The summed E-state index contributed by atoms with van der Waals surface area (Å²) in [7, 11) is 0. The fourth-order valence-electron chi connectivity index (χ4n) is 1.65. The van der Waals surface area contributed by atoms with Crippen LogP contribution in [0.25, 0.3) is 6.08 Å². The molecule has 0 saturated heterocycles. The zero-order chi connectivity index (χ0) is 12.3. The summed E-state index contributed by atoms with van der Waals surface area (Å²) in [5.74, 6) is 0.869. The van der Waals surface area contributed by atoms with Crippen LogP contribution in [0.1, 0.15) is 17.6 Å². The van der Waals surface area contributed by atoms with Crippen LogP contribution in [0.3, 0.4) is 0 Å². The smallest absolute Gasteiger partial charge is 0.264 e. The summed E-state index contributed by atoms with van der Waals surface area (Å²) in [5, 5.41) is 0. The summed E-state index contributed by atoms with van der Waals surface area (Å²) in [6.45, 7) is 1.12. The van der Waals surface area contributed by atoms with Crippen LogP contribution in [0.5, 0.6) is 11.5 Å². The third-order valence-electron chi connectivity index (χ3n) is 2.42. The Morgan fingerprint density at radius 2 is 1.88 bits per heavy atom. The second-order valence-electron chi connectivity index (χ2n) is 3.56. The maximum absolute atomic E-state index is 12.9. The third-order valence-corrected chi connectivity index (χ3v) is 2.42. The van der Waals surface area contributed by atoms with E-state index in [0.29, 0.717) is 36.8 Å². The highest BCUT2D eigenvalue weighted by atomic mass is 19.3. The quantitative estimate of drug-likeness (QED) is 0.883. The molecule has 0 bridgehead atoms. The van der Waals surface area contributed by atoms with Gasteiger partial charge in [-0.3, -0.25) is 0 Å². The van der Waals surface area contributed by atoms with Crippen molar-refractivity contribution in [1.29, 1.82) is 0 Å². The number of nitrogens with two attached hydrogens (primary N) is 1. The average Bonchev–Trinajstić information content (AvgIpc) is 2.35. The van der Waals surface area contributed by atoms with E-state index in [-0.39, 0.29) is 5.56 Å². The van der Waals surface area contributed by atoms with Crippen LogP contribution in [-0.2, 0) is 0 Å². The molecule has 0 spiro atoms. The predicted octanol–water partition coefficient (Wildman–Crippen LogP) is 2.37. The molecule has 1 aliphatic rings. The molecule has 1 heterocycles. The van der Waals surface area contributed by atoms with Crippen LogP contribution >= 0.6 is 0 Å². The molecule has 0 fully saturated rings. The second kappa shape index (κ2) is 5.14. The Morgan fingerprint density at radius 3 is 2.47 bits per heavy atom. The first kappa shape index (κ1) is 11.9. The number of hydrogen-bond donors (Lipinski definition) is 1. The number of rotatable bonds is 3. The van der Waals surface area contributed by atoms with Gasteiger partial charge in [0.25, 0.3) is 6.43 Å². The van der Waals surface area contributed by atoms with Gasteiger partial charge in [0.1, 0.15) is 13.2 Å². The van der Waals surface area contributed by atoms with Crippen LogP contribution in [0.2, 0.25) is 0 Å². The Hall–Kier alpha value is -1.62. The minimum atomic E-state index is -2.55. The second-order valence-corrected chi connectivity index (χ2v) is 3.56. The van der Waals surface area contributed by atoms with Crippen molar-refractivity contribution >= 4 is 6.08 Å². The van der Waals surface area contributed by atoms with Crippen molar-refractivity contribution in [3.8, 4) is 11.5 Å². The molecule has 1 aromatic rings. The van der Waals surface area contributed by atoms with E-state index in [1.165, 1.54) is 6.07 Å².